The fourth-order valence-corrected chi connectivity index (χ4v) is 2.36. The molecule has 0 spiro atoms. The molecule has 0 unspecified atom stereocenters. The maximum absolute atomic E-state index is 5.28. The molecule has 1 N–H and O–H groups in total. The number of methoxy groups -OCH3 is 1. The number of hydrogen-bond donors (Lipinski definition) is 1. The Morgan fingerprint density at radius 2 is 2.24 bits per heavy atom. The number of ether oxygens (including phenoxy) is 1. The maximum Gasteiger partial charge on any atom is 0.0694 e. The van der Waals surface area contributed by atoms with E-state index in [1.807, 2.05) is 11.7 Å². The lowest BCUT2D eigenvalue weighted by Crippen LogP contribution is -2.44. The van der Waals surface area contributed by atoms with Crippen LogP contribution in [-0.2, 0) is 18.3 Å². The number of aryl methyl sites for hydroxylation is 1. The van der Waals surface area contributed by atoms with Crippen molar-refractivity contribution < 1.29 is 4.74 Å². The van der Waals surface area contributed by atoms with Gasteiger partial charge >= 0.3 is 0 Å². The number of aromatic nitrogens is 2. The summed E-state index contributed by atoms with van der Waals surface area (Å²) in [6, 6.07) is 0.611. The molecule has 1 aromatic rings. The van der Waals surface area contributed by atoms with Crippen LogP contribution in [0.15, 0.2) is 6.20 Å². The van der Waals surface area contributed by atoms with Crippen LogP contribution in [0, 0.1) is 0 Å². The molecule has 0 aliphatic heterocycles. The summed E-state index contributed by atoms with van der Waals surface area (Å²) in [4.78, 5) is 0. The lowest BCUT2D eigenvalue weighted by molar-refractivity contribution is 0.0170. The molecule has 96 valence electrons. The van der Waals surface area contributed by atoms with Crippen molar-refractivity contribution in [3.63, 3.8) is 0 Å². The van der Waals surface area contributed by atoms with Crippen molar-refractivity contribution in [1.29, 1.82) is 0 Å². The summed E-state index contributed by atoms with van der Waals surface area (Å²) in [6.45, 7) is 5.30. The Bertz CT molecular complexity index is 367. The Labute approximate surface area is 103 Å². The van der Waals surface area contributed by atoms with Crippen LogP contribution in [0.4, 0.5) is 0 Å². The summed E-state index contributed by atoms with van der Waals surface area (Å²) in [6.07, 6.45) is 4.85. The molecule has 0 amide bonds. The highest BCUT2D eigenvalue weighted by Gasteiger charge is 2.28. The van der Waals surface area contributed by atoms with Crippen LogP contribution >= 0.6 is 0 Å². The second-order valence-electron chi connectivity index (χ2n) is 5.27. The third-order valence-electron chi connectivity index (χ3n) is 3.49. The molecule has 17 heavy (non-hydrogen) atoms. The van der Waals surface area contributed by atoms with Gasteiger partial charge in [-0.3, -0.25) is 4.68 Å². The van der Waals surface area contributed by atoms with Gasteiger partial charge in [0, 0.05) is 38.5 Å². The Hall–Kier alpha value is -0.870. The van der Waals surface area contributed by atoms with E-state index in [2.05, 4.69) is 30.5 Å². The van der Waals surface area contributed by atoms with E-state index in [9.17, 15) is 0 Å². The van der Waals surface area contributed by atoms with E-state index < -0.39 is 0 Å². The molecule has 0 saturated heterocycles. The smallest absolute Gasteiger partial charge is 0.0694 e. The second kappa shape index (κ2) is 5.19. The predicted molar refractivity (Wildman–Crippen MR) is 68.0 cm³/mol. The topological polar surface area (TPSA) is 39.1 Å². The van der Waals surface area contributed by atoms with Gasteiger partial charge in [0.2, 0.25) is 0 Å². The Morgan fingerprint density at radius 1 is 1.53 bits per heavy atom. The monoisotopic (exact) mass is 237 g/mol. The molecule has 1 fully saturated rings. The van der Waals surface area contributed by atoms with E-state index in [1.165, 1.54) is 11.3 Å². The molecule has 1 heterocycles. The molecule has 0 bridgehead atoms. The van der Waals surface area contributed by atoms with E-state index in [-0.39, 0.29) is 0 Å². The lowest BCUT2D eigenvalue weighted by atomic mass is 9.89. The minimum Gasteiger partial charge on any atom is -0.381 e. The van der Waals surface area contributed by atoms with Gasteiger partial charge in [-0.05, 0) is 18.8 Å². The van der Waals surface area contributed by atoms with Gasteiger partial charge in [0.1, 0.15) is 0 Å². The molecule has 4 nitrogen and oxygen atoms in total. The van der Waals surface area contributed by atoms with Crippen molar-refractivity contribution in [2.75, 3.05) is 7.11 Å². The number of hydrogen-bond acceptors (Lipinski definition) is 3. The van der Waals surface area contributed by atoms with Crippen molar-refractivity contribution in [2.45, 2.75) is 51.3 Å². The first-order valence-electron chi connectivity index (χ1n) is 6.38. The number of nitrogens with one attached hydrogen (secondary N) is 1. The van der Waals surface area contributed by atoms with Crippen LogP contribution in [0.1, 0.15) is 43.9 Å². The first-order valence-corrected chi connectivity index (χ1v) is 6.38. The number of rotatable bonds is 5. The van der Waals surface area contributed by atoms with E-state index in [4.69, 9.17) is 4.74 Å². The van der Waals surface area contributed by atoms with Crippen molar-refractivity contribution in [3.05, 3.63) is 17.5 Å². The van der Waals surface area contributed by atoms with Crippen LogP contribution in [0.3, 0.4) is 0 Å². The summed E-state index contributed by atoms with van der Waals surface area (Å²) >= 11 is 0. The Balaban J connectivity index is 1.87. The van der Waals surface area contributed by atoms with Gasteiger partial charge in [-0.1, -0.05) is 13.8 Å². The molecule has 1 aromatic heterocycles. The quantitative estimate of drug-likeness (QED) is 0.849. The molecular formula is C13H23N3O. The lowest BCUT2D eigenvalue weighted by Gasteiger charge is -2.34. The third-order valence-corrected chi connectivity index (χ3v) is 3.49. The van der Waals surface area contributed by atoms with Gasteiger partial charge in [0.15, 0.2) is 0 Å². The highest BCUT2D eigenvalue weighted by Crippen LogP contribution is 2.24. The zero-order chi connectivity index (χ0) is 12.4. The summed E-state index contributed by atoms with van der Waals surface area (Å²) in [5.41, 5.74) is 2.53. The van der Waals surface area contributed by atoms with Crippen LogP contribution in [0.2, 0.25) is 0 Å². The minimum atomic E-state index is 0.464. The average Bonchev–Trinajstić information content (AvgIpc) is 2.58. The van der Waals surface area contributed by atoms with Crippen molar-refractivity contribution in [1.82, 2.24) is 15.1 Å². The van der Waals surface area contributed by atoms with E-state index in [0.717, 1.165) is 19.4 Å². The maximum atomic E-state index is 5.28. The molecule has 4 heteroatoms. The third kappa shape index (κ3) is 2.87. The van der Waals surface area contributed by atoms with Crippen molar-refractivity contribution >= 4 is 0 Å². The Morgan fingerprint density at radius 3 is 2.82 bits per heavy atom. The van der Waals surface area contributed by atoms with E-state index in [1.54, 1.807) is 7.11 Å². The normalized spacial score (nSPS) is 24.1. The standard InChI is InChI=1S/C13H23N3O/c1-9(2)13-10(8-16(3)15-13)7-14-11-5-12(6-11)17-4/h8-9,11-12,14H,5-7H2,1-4H3. The van der Waals surface area contributed by atoms with Crippen LogP contribution in [0.25, 0.3) is 0 Å². The summed E-state index contributed by atoms with van der Waals surface area (Å²) < 4.78 is 7.19. The average molecular weight is 237 g/mol. The molecule has 1 aliphatic carbocycles. The predicted octanol–water partition coefficient (Wildman–Crippen LogP) is 1.81. The first kappa shape index (κ1) is 12.6. The first-order chi connectivity index (χ1) is 8.10. The highest BCUT2D eigenvalue weighted by atomic mass is 16.5. The fraction of sp³-hybridized carbons (Fsp3) is 0.769. The molecule has 2 rings (SSSR count). The molecule has 0 aromatic carbocycles. The van der Waals surface area contributed by atoms with E-state index in [0.29, 0.717) is 18.1 Å². The van der Waals surface area contributed by atoms with Gasteiger partial charge in [-0.25, -0.2) is 0 Å². The van der Waals surface area contributed by atoms with Gasteiger partial charge < -0.3 is 10.1 Å². The van der Waals surface area contributed by atoms with Gasteiger partial charge in [-0.15, -0.1) is 0 Å². The second-order valence-corrected chi connectivity index (χ2v) is 5.27. The van der Waals surface area contributed by atoms with Gasteiger partial charge in [-0.2, -0.15) is 5.10 Å². The van der Waals surface area contributed by atoms with E-state index >= 15 is 0 Å². The summed E-state index contributed by atoms with van der Waals surface area (Å²) in [7, 11) is 3.78. The van der Waals surface area contributed by atoms with Crippen molar-refractivity contribution in [2.24, 2.45) is 7.05 Å². The van der Waals surface area contributed by atoms with Crippen LogP contribution < -0.4 is 5.32 Å². The van der Waals surface area contributed by atoms with Gasteiger partial charge in [0.05, 0.1) is 11.8 Å². The summed E-state index contributed by atoms with van der Waals surface area (Å²) in [5, 5.41) is 8.09. The molecule has 1 aliphatic rings. The minimum absolute atomic E-state index is 0.464. The highest BCUT2D eigenvalue weighted by molar-refractivity contribution is 5.20. The zero-order valence-electron chi connectivity index (χ0n) is 11.2. The molecule has 0 atom stereocenters. The largest absolute Gasteiger partial charge is 0.381 e. The Kier molecular flexibility index (Phi) is 3.84. The molecule has 1 saturated carbocycles. The number of nitrogens with zero attached hydrogens (tertiary/aromatic N) is 2. The zero-order valence-corrected chi connectivity index (χ0v) is 11.2. The van der Waals surface area contributed by atoms with Crippen LogP contribution in [0.5, 0.6) is 0 Å². The van der Waals surface area contributed by atoms with Crippen LogP contribution in [-0.4, -0.2) is 29.0 Å². The van der Waals surface area contributed by atoms with Gasteiger partial charge in [0.25, 0.3) is 0 Å². The fourth-order valence-electron chi connectivity index (χ4n) is 2.36. The SMILES string of the molecule is COC1CC(NCc2cn(C)nc2C(C)C)C1. The molecule has 0 radical (unpaired) electrons. The molecular weight excluding hydrogens is 214 g/mol. The van der Waals surface area contributed by atoms with Crippen molar-refractivity contribution in [3.8, 4) is 0 Å². The summed E-state index contributed by atoms with van der Waals surface area (Å²) in [5.74, 6) is 0.487.